The van der Waals surface area contributed by atoms with Crippen LogP contribution in [0.1, 0.15) is 25.0 Å². The van der Waals surface area contributed by atoms with Gasteiger partial charge in [-0.2, -0.15) is 0 Å². The Balaban J connectivity index is 1.45. The molecule has 1 aromatic carbocycles. The fourth-order valence-corrected chi connectivity index (χ4v) is 4.37. The van der Waals surface area contributed by atoms with Crippen molar-refractivity contribution in [2.24, 2.45) is 15.1 Å². The molecule has 158 valence electrons. The first-order valence-corrected chi connectivity index (χ1v) is 10.9. The zero-order valence-electron chi connectivity index (χ0n) is 16.5. The molecular formula is C19H22N6O4S. The average molecular weight is 430 g/mol. The summed E-state index contributed by atoms with van der Waals surface area (Å²) >= 11 is 0. The highest BCUT2D eigenvalue weighted by Gasteiger charge is 2.28. The van der Waals surface area contributed by atoms with Crippen LogP contribution in [0.5, 0.6) is 5.75 Å². The van der Waals surface area contributed by atoms with Crippen LogP contribution in [0.4, 0.5) is 0 Å². The summed E-state index contributed by atoms with van der Waals surface area (Å²) in [6.07, 6.45) is 5.16. The third kappa shape index (κ3) is 4.07. The van der Waals surface area contributed by atoms with Crippen LogP contribution in [0.2, 0.25) is 0 Å². The highest BCUT2D eigenvalue weighted by Crippen LogP contribution is 2.28. The molecule has 0 atom stereocenters. The van der Waals surface area contributed by atoms with Gasteiger partial charge >= 0.3 is 0 Å². The smallest absolute Gasteiger partial charge is 0.259 e. The molecule has 30 heavy (non-hydrogen) atoms. The molecule has 11 heteroatoms. The van der Waals surface area contributed by atoms with E-state index >= 15 is 0 Å². The van der Waals surface area contributed by atoms with E-state index in [0.29, 0.717) is 35.0 Å². The molecule has 3 aliphatic rings. The van der Waals surface area contributed by atoms with Crippen molar-refractivity contribution >= 4 is 27.6 Å². The summed E-state index contributed by atoms with van der Waals surface area (Å²) in [4.78, 5) is 16.9. The standard InChI is InChI=1S/C19H22N6O4S/c1-19(2,23-18(26)12-6-7-25-15(8-12)21-11-22-25)10-29-14-5-3-4-13-9-30(27,28)24-17(20)16(13)14/h3-8,22H,9-11H2,1-2H3,(H2,20,24)(H,23,26). The summed E-state index contributed by atoms with van der Waals surface area (Å²) in [6, 6.07) is 5.08. The maximum Gasteiger partial charge on any atom is 0.259 e. The van der Waals surface area contributed by atoms with Gasteiger partial charge in [0.05, 0.1) is 16.9 Å². The van der Waals surface area contributed by atoms with Crippen LogP contribution in [0.3, 0.4) is 0 Å². The van der Waals surface area contributed by atoms with Crippen LogP contribution in [-0.4, -0.2) is 49.8 Å². The maximum atomic E-state index is 12.7. The predicted molar refractivity (Wildman–Crippen MR) is 112 cm³/mol. The Morgan fingerprint density at radius 2 is 2.20 bits per heavy atom. The maximum absolute atomic E-state index is 12.7. The molecule has 4 N–H and O–H groups in total. The number of nitrogens with one attached hydrogen (secondary N) is 2. The van der Waals surface area contributed by atoms with Gasteiger partial charge < -0.3 is 15.8 Å². The number of hydrazine groups is 1. The van der Waals surface area contributed by atoms with Gasteiger partial charge in [-0.25, -0.2) is 18.8 Å². The second-order valence-electron chi connectivity index (χ2n) is 7.74. The van der Waals surface area contributed by atoms with Crippen LogP contribution in [0, 0.1) is 0 Å². The number of hydrogen-bond donors (Lipinski definition) is 3. The van der Waals surface area contributed by atoms with Crippen molar-refractivity contribution in [3.63, 3.8) is 0 Å². The molecule has 0 aromatic heterocycles. The van der Waals surface area contributed by atoms with Gasteiger partial charge in [-0.05, 0) is 37.6 Å². The number of rotatable bonds is 5. The molecule has 0 aliphatic carbocycles. The lowest BCUT2D eigenvalue weighted by atomic mass is 10.0. The van der Waals surface area contributed by atoms with Crippen molar-refractivity contribution in [2.75, 3.05) is 13.3 Å². The van der Waals surface area contributed by atoms with Gasteiger partial charge in [0.2, 0.25) is 0 Å². The van der Waals surface area contributed by atoms with Gasteiger partial charge in [-0.1, -0.05) is 12.1 Å². The summed E-state index contributed by atoms with van der Waals surface area (Å²) < 4.78 is 33.1. The number of carbonyl (C=O) groups excluding carboxylic acids is 1. The van der Waals surface area contributed by atoms with E-state index in [9.17, 15) is 13.2 Å². The second-order valence-corrected chi connectivity index (χ2v) is 9.37. The van der Waals surface area contributed by atoms with Gasteiger partial charge in [0.1, 0.15) is 30.7 Å². The number of carbonyl (C=O) groups is 1. The lowest BCUT2D eigenvalue weighted by Gasteiger charge is -2.28. The molecule has 0 saturated carbocycles. The van der Waals surface area contributed by atoms with Gasteiger partial charge in [0.25, 0.3) is 15.9 Å². The van der Waals surface area contributed by atoms with Gasteiger partial charge in [-0.3, -0.25) is 9.80 Å². The van der Waals surface area contributed by atoms with Crippen LogP contribution >= 0.6 is 0 Å². The van der Waals surface area contributed by atoms with Crippen LogP contribution in [0.25, 0.3) is 0 Å². The molecule has 3 heterocycles. The predicted octanol–water partition coefficient (Wildman–Crippen LogP) is 0.139. The van der Waals surface area contributed by atoms with Crippen molar-refractivity contribution in [3.8, 4) is 5.75 Å². The first-order chi connectivity index (χ1) is 14.1. The molecule has 0 fully saturated rings. The van der Waals surface area contributed by atoms with Gasteiger partial charge in [0, 0.05) is 11.8 Å². The largest absolute Gasteiger partial charge is 0.490 e. The minimum Gasteiger partial charge on any atom is -0.490 e. The highest BCUT2D eigenvalue weighted by molar-refractivity contribution is 7.89. The number of nitrogens with two attached hydrogens (primary N) is 1. The van der Waals surface area contributed by atoms with Gasteiger partial charge in [0.15, 0.2) is 0 Å². The van der Waals surface area contributed by atoms with Crippen LogP contribution in [0.15, 0.2) is 51.5 Å². The Bertz CT molecular complexity index is 1130. The Hall–Kier alpha value is -3.18. The highest BCUT2D eigenvalue weighted by atomic mass is 32.2. The van der Waals surface area contributed by atoms with Crippen molar-refractivity contribution in [1.82, 2.24) is 15.8 Å². The fourth-order valence-electron chi connectivity index (χ4n) is 3.28. The minimum atomic E-state index is -3.62. The Morgan fingerprint density at radius 1 is 1.40 bits per heavy atom. The fraction of sp³-hybridized carbons (Fsp3) is 0.316. The molecule has 0 radical (unpaired) electrons. The van der Waals surface area contributed by atoms with Crippen molar-refractivity contribution in [2.45, 2.75) is 25.1 Å². The van der Waals surface area contributed by atoms with E-state index in [0.717, 1.165) is 0 Å². The lowest BCUT2D eigenvalue weighted by molar-refractivity contribution is -0.119. The zero-order chi connectivity index (χ0) is 21.5. The van der Waals surface area contributed by atoms with Crippen molar-refractivity contribution < 1.29 is 17.9 Å². The number of ether oxygens (including phenoxy) is 1. The molecular weight excluding hydrogens is 408 g/mol. The Morgan fingerprint density at radius 3 is 3.00 bits per heavy atom. The lowest BCUT2D eigenvalue weighted by Crippen LogP contribution is -2.48. The molecule has 0 saturated heterocycles. The average Bonchev–Trinajstić information content (AvgIpc) is 3.12. The van der Waals surface area contributed by atoms with E-state index in [2.05, 4.69) is 20.1 Å². The Kier molecular flexibility index (Phi) is 4.86. The summed E-state index contributed by atoms with van der Waals surface area (Å²) in [7, 11) is -3.62. The van der Waals surface area contributed by atoms with E-state index in [-0.39, 0.29) is 24.1 Å². The third-order valence-corrected chi connectivity index (χ3v) is 5.81. The zero-order valence-corrected chi connectivity index (χ0v) is 17.4. The number of benzene rings is 1. The van der Waals surface area contributed by atoms with E-state index in [1.807, 2.05) is 13.8 Å². The number of amidine groups is 2. The van der Waals surface area contributed by atoms with Crippen LogP contribution < -0.4 is 21.2 Å². The summed E-state index contributed by atoms with van der Waals surface area (Å²) in [5.74, 6) is 0.525. The number of sulfonamides is 1. The second kappa shape index (κ2) is 7.26. The number of nitrogens with zero attached hydrogens (tertiary/aromatic N) is 3. The van der Waals surface area contributed by atoms with Gasteiger partial charge in [-0.15, -0.1) is 4.40 Å². The van der Waals surface area contributed by atoms with E-state index in [1.54, 1.807) is 41.6 Å². The summed E-state index contributed by atoms with van der Waals surface area (Å²) in [5.41, 5.74) is 9.68. The SMILES string of the molecule is CC(C)(COc1cccc2c1C(N)=NS(=O)(=O)C2)NC(=O)C1=CC2=NCNN2C=C1. The number of hydrogen-bond acceptors (Lipinski definition) is 8. The first-order valence-electron chi connectivity index (χ1n) is 9.26. The molecule has 3 aliphatic heterocycles. The summed E-state index contributed by atoms with van der Waals surface area (Å²) in [5, 5.41) is 4.69. The molecule has 1 amide bonds. The molecule has 10 nitrogen and oxygen atoms in total. The molecule has 1 aromatic rings. The first kappa shape index (κ1) is 20.1. The number of fused-ring (bicyclic) bond motifs is 2. The van der Waals surface area contributed by atoms with E-state index in [4.69, 9.17) is 10.5 Å². The number of amides is 1. The molecule has 0 spiro atoms. The minimum absolute atomic E-state index is 0.0957. The molecule has 0 unspecified atom stereocenters. The van der Waals surface area contributed by atoms with E-state index in [1.165, 1.54) is 0 Å². The molecule has 4 rings (SSSR count). The Labute approximate surface area is 174 Å². The third-order valence-electron chi connectivity index (χ3n) is 4.66. The van der Waals surface area contributed by atoms with Crippen molar-refractivity contribution in [3.05, 3.63) is 53.3 Å². The topological polar surface area (TPSA) is 138 Å². The monoisotopic (exact) mass is 430 g/mol. The van der Waals surface area contributed by atoms with E-state index < -0.39 is 15.6 Å². The van der Waals surface area contributed by atoms with Crippen molar-refractivity contribution in [1.29, 1.82) is 0 Å². The van der Waals surface area contributed by atoms with Crippen LogP contribution in [-0.2, 0) is 20.6 Å². The molecule has 0 bridgehead atoms. The summed E-state index contributed by atoms with van der Waals surface area (Å²) in [6.45, 7) is 4.27. The normalized spacial score (nSPS) is 19.3. The quantitative estimate of drug-likeness (QED) is 0.604. The number of aliphatic imine (C=N–C) groups is 1.